The summed E-state index contributed by atoms with van der Waals surface area (Å²) in [6, 6.07) is 26.5. The second-order valence-electron chi connectivity index (χ2n) is 8.56. The van der Waals surface area contributed by atoms with Crippen molar-refractivity contribution in [1.29, 1.82) is 0 Å². The van der Waals surface area contributed by atoms with Gasteiger partial charge in [-0.15, -0.1) is 12.4 Å². The molecule has 4 atom stereocenters. The number of carboxylic acids is 1. The van der Waals surface area contributed by atoms with Crippen LogP contribution in [0.15, 0.2) is 91.0 Å². The number of aliphatic carboxylic acids is 1. The Morgan fingerprint density at radius 2 is 1.21 bits per heavy atom. The first-order chi connectivity index (χ1) is 17.8. The maximum Gasteiger partial charge on any atom is 0.329 e. The van der Waals surface area contributed by atoms with E-state index >= 15 is 0 Å². The lowest BCUT2D eigenvalue weighted by atomic mass is 9.89. The van der Waals surface area contributed by atoms with Gasteiger partial charge in [-0.05, 0) is 36.1 Å². The van der Waals surface area contributed by atoms with Gasteiger partial charge in [0, 0.05) is 17.4 Å². The van der Waals surface area contributed by atoms with Gasteiger partial charge in [-0.2, -0.15) is 0 Å². The van der Waals surface area contributed by atoms with Gasteiger partial charge in [0.2, 0.25) is 0 Å². The summed E-state index contributed by atoms with van der Waals surface area (Å²) in [6.07, 6.45) is 1.44. The van der Waals surface area contributed by atoms with Crippen molar-refractivity contribution in [3.8, 4) is 0 Å². The van der Waals surface area contributed by atoms with Crippen molar-refractivity contribution in [2.45, 2.75) is 58.0 Å². The highest BCUT2D eigenvalue weighted by atomic mass is 35.5. The van der Waals surface area contributed by atoms with Gasteiger partial charge in [0.05, 0.1) is 7.11 Å². The maximum absolute atomic E-state index is 12.4. The molecule has 0 saturated carbocycles. The SMILES string of the molecule is C.CC[C@@H](c1ccccc1)[C@@H](N)C(=O)O.CC[C@@H](c1ccccc1)[C@@H](NC(=O)c1ccccc1)C(=O)OC.Cl. The second kappa shape index (κ2) is 18.6. The van der Waals surface area contributed by atoms with Crippen molar-refractivity contribution < 1.29 is 24.2 Å². The van der Waals surface area contributed by atoms with Crippen molar-refractivity contribution in [1.82, 2.24) is 5.32 Å². The Bertz CT molecular complexity index is 1110. The highest BCUT2D eigenvalue weighted by Gasteiger charge is 2.31. The lowest BCUT2D eigenvalue weighted by Gasteiger charge is -2.25. The number of hydrogen-bond donors (Lipinski definition) is 3. The van der Waals surface area contributed by atoms with E-state index in [0.29, 0.717) is 12.0 Å². The fraction of sp³-hybridized carbons (Fsp3) is 0.323. The molecule has 0 radical (unpaired) electrons. The predicted molar refractivity (Wildman–Crippen MR) is 158 cm³/mol. The first-order valence-electron chi connectivity index (χ1n) is 12.4. The Kier molecular flexibility index (Phi) is 16.8. The summed E-state index contributed by atoms with van der Waals surface area (Å²) in [5, 5.41) is 11.6. The van der Waals surface area contributed by atoms with Crippen LogP contribution in [0.2, 0.25) is 0 Å². The van der Waals surface area contributed by atoms with E-state index in [1.54, 1.807) is 24.3 Å². The standard InChI is InChI=1S/C19H21NO3.C11H15NO2.CH4.ClH/c1-3-16(14-10-6-4-7-11-14)17(19(22)23-2)20-18(21)15-12-8-5-9-13-15;1-2-9(10(12)11(13)14)8-6-4-3-5-7-8;;/h4-13,16-17H,3H2,1-2H3,(H,20,21);3-7,9-10H,2,12H2,1H3,(H,13,14);1H4;1H/t16-,17+;9-,10+;;/m00../s1. The molecule has 39 heavy (non-hydrogen) atoms. The van der Waals surface area contributed by atoms with Crippen molar-refractivity contribution >= 4 is 30.3 Å². The minimum atomic E-state index is -0.944. The fourth-order valence-corrected chi connectivity index (χ4v) is 4.20. The van der Waals surface area contributed by atoms with E-state index in [4.69, 9.17) is 15.6 Å². The van der Waals surface area contributed by atoms with Crippen LogP contribution >= 0.6 is 12.4 Å². The Balaban J connectivity index is 0.000000783. The van der Waals surface area contributed by atoms with Crippen LogP contribution in [0.25, 0.3) is 0 Å². The van der Waals surface area contributed by atoms with Crippen LogP contribution in [-0.4, -0.2) is 42.1 Å². The number of nitrogens with two attached hydrogens (primary N) is 1. The largest absolute Gasteiger partial charge is 0.480 e. The average molecular weight is 557 g/mol. The Labute approximate surface area is 238 Å². The minimum absolute atomic E-state index is 0. The molecule has 0 aliphatic heterocycles. The average Bonchev–Trinajstić information content (AvgIpc) is 2.94. The normalized spacial score (nSPS) is 12.9. The number of benzene rings is 3. The van der Waals surface area contributed by atoms with Gasteiger partial charge in [0.15, 0.2) is 0 Å². The van der Waals surface area contributed by atoms with Crippen LogP contribution < -0.4 is 11.1 Å². The van der Waals surface area contributed by atoms with Crippen LogP contribution in [0.1, 0.15) is 67.4 Å². The molecule has 4 N–H and O–H groups in total. The van der Waals surface area contributed by atoms with Crippen molar-refractivity contribution in [2.24, 2.45) is 5.73 Å². The zero-order valence-corrected chi connectivity index (χ0v) is 22.8. The van der Waals surface area contributed by atoms with Gasteiger partial charge in [0.25, 0.3) is 5.91 Å². The number of hydrogen-bond acceptors (Lipinski definition) is 5. The quantitative estimate of drug-likeness (QED) is 0.271. The number of amides is 1. The third kappa shape index (κ3) is 10.5. The number of ether oxygens (including phenoxy) is 1. The Morgan fingerprint density at radius 1 is 0.795 bits per heavy atom. The summed E-state index contributed by atoms with van der Waals surface area (Å²) in [5.41, 5.74) is 8.11. The molecule has 7 nitrogen and oxygen atoms in total. The Hall–Kier alpha value is -3.68. The number of carbonyl (C=O) groups is 3. The van der Waals surface area contributed by atoms with E-state index in [1.165, 1.54) is 7.11 Å². The van der Waals surface area contributed by atoms with Gasteiger partial charge in [-0.3, -0.25) is 9.59 Å². The molecule has 0 unspecified atom stereocenters. The number of halogens is 1. The second-order valence-corrected chi connectivity index (χ2v) is 8.56. The smallest absolute Gasteiger partial charge is 0.329 e. The van der Waals surface area contributed by atoms with Crippen molar-refractivity contribution in [2.75, 3.05) is 7.11 Å². The first-order valence-corrected chi connectivity index (χ1v) is 12.4. The van der Waals surface area contributed by atoms with Crippen LogP contribution in [-0.2, 0) is 14.3 Å². The molecule has 0 fully saturated rings. The summed E-state index contributed by atoms with van der Waals surface area (Å²) in [4.78, 5) is 35.4. The van der Waals surface area contributed by atoms with Crippen LogP contribution in [0.3, 0.4) is 0 Å². The van der Waals surface area contributed by atoms with Gasteiger partial charge >= 0.3 is 11.9 Å². The molecule has 0 saturated heterocycles. The van der Waals surface area contributed by atoms with Gasteiger partial charge in [0.1, 0.15) is 12.1 Å². The van der Waals surface area contributed by atoms with E-state index < -0.39 is 24.0 Å². The topological polar surface area (TPSA) is 119 Å². The molecule has 0 bridgehead atoms. The Morgan fingerprint density at radius 3 is 1.59 bits per heavy atom. The van der Waals surface area contributed by atoms with E-state index in [9.17, 15) is 14.4 Å². The molecule has 3 aromatic rings. The zero-order chi connectivity index (χ0) is 27.2. The molecule has 3 aromatic carbocycles. The van der Waals surface area contributed by atoms with Crippen LogP contribution in [0, 0.1) is 0 Å². The first kappa shape index (κ1) is 35.3. The molecular formula is C31H41ClN2O5. The van der Waals surface area contributed by atoms with E-state index in [0.717, 1.165) is 17.5 Å². The van der Waals surface area contributed by atoms with E-state index in [-0.39, 0.29) is 37.6 Å². The third-order valence-corrected chi connectivity index (χ3v) is 6.23. The molecule has 0 aliphatic rings. The van der Waals surface area contributed by atoms with Gasteiger partial charge in [-0.1, -0.05) is 100 Å². The predicted octanol–water partition coefficient (Wildman–Crippen LogP) is 5.80. The molecule has 0 aromatic heterocycles. The van der Waals surface area contributed by atoms with Crippen LogP contribution in [0.5, 0.6) is 0 Å². The number of esters is 1. The summed E-state index contributed by atoms with van der Waals surface area (Å²) in [7, 11) is 1.34. The number of carboxylic acid groups (broad SMARTS) is 1. The molecular weight excluding hydrogens is 516 g/mol. The van der Waals surface area contributed by atoms with Gasteiger partial charge < -0.3 is 20.9 Å². The summed E-state index contributed by atoms with van der Waals surface area (Å²) < 4.78 is 4.90. The number of methoxy groups -OCH3 is 1. The molecule has 3 rings (SSSR count). The van der Waals surface area contributed by atoms with Crippen molar-refractivity contribution in [3.63, 3.8) is 0 Å². The maximum atomic E-state index is 12.4. The molecule has 0 aliphatic carbocycles. The van der Waals surface area contributed by atoms with Gasteiger partial charge in [-0.25, -0.2) is 4.79 Å². The van der Waals surface area contributed by atoms with Crippen molar-refractivity contribution in [3.05, 3.63) is 108 Å². The number of rotatable bonds is 10. The number of nitrogens with one attached hydrogen (secondary N) is 1. The monoisotopic (exact) mass is 556 g/mol. The minimum Gasteiger partial charge on any atom is -0.480 e. The summed E-state index contributed by atoms with van der Waals surface area (Å²) in [6.45, 7) is 3.93. The van der Waals surface area contributed by atoms with Crippen LogP contribution in [0.4, 0.5) is 0 Å². The van der Waals surface area contributed by atoms with E-state index in [2.05, 4.69) is 5.32 Å². The highest BCUT2D eigenvalue weighted by molar-refractivity contribution is 5.97. The molecule has 8 heteroatoms. The lowest BCUT2D eigenvalue weighted by Crippen LogP contribution is -2.45. The zero-order valence-electron chi connectivity index (χ0n) is 21.9. The molecule has 1 amide bonds. The third-order valence-electron chi connectivity index (χ3n) is 6.23. The fourth-order valence-electron chi connectivity index (χ4n) is 4.20. The lowest BCUT2D eigenvalue weighted by molar-refractivity contribution is -0.143. The number of carbonyl (C=O) groups excluding carboxylic acids is 2. The highest BCUT2D eigenvalue weighted by Crippen LogP contribution is 2.25. The molecule has 212 valence electrons. The molecule has 0 heterocycles. The molecule has 0 spiro atoms. The summed E-state index contributed by atoms with van der Waals surface area (Å²) >= 11 is 0. The van der Waals surface area contributed by atoms with E-state index in [1.807, 2.05) is 80.6 Å². The summed E-state index contributed by atoms with van der Waals surface area (Å²) in [5.74, 6) is -1.91.